The summed E-state index contributed by atoms with van der Waals surface area (Å²) in [5.74, 6) is -29.3. The fourth-order valence-corrected chi connectivity index (χ4v) is 2.76. The fraction of sp³-hybridized carbons (Fsp3) is 1.00. The average Bonchev–Trinajstić information content (AvgIpc) is 2.54. The number of halogens is 12. The van der Waals surface area contributed by atoms with Crippen molar-refractivity contribution in [1.29, 1.82) is 0 Å². The van der Waals surface area contributed by atoms with E-state index in [0.717, 1.165) is 0 Å². The molecule has 148 valence electrons. The lowest BCUT2D eigenvalue weighted by molar-refractivity contribution is -0.338. The van der Waals surface area contributed by atoms with Gasteiger partial charge in [-0.25, -0.2) is 26.3 Å². The maximum Gasteiger partial charge on any atom is 0.381 e. The molecule has 2 aliphatic carbocycles. The van der Waals surface area contributed by atoms with Gasteiger partial charge in [-0.15, -0.1) is 0 Å². The Hall–Kier alpha value is -0.880. The lowest BCUT2D eigenvalue weighted by atomic mass is 9.82. The van der Waals surface area contributed by atoms with Crippen molar-refractivity contribution in [2.24, 2.45) is 0 Å². The maximum absolute atomic E-state index is 14.2. The third-order valence-corrected chi connectivity index (χ3v) is 4.34. The Morgan fingerprint density at radius 1 is 0.720 bits per heavy atom. The molecule has 0 bridgehead atoms. The Kier molecular flexibility index (Phi) is 4.35. The normalized spacial score (nSPS) is 44.6. The zero-order chi connectivity index (χ0) is 19.7. The van der Waals surface area contributed by atoms with E-state index < -0.39 is 73.4 Å². The highest BCUT2D eigenvalue weighted by atomic mass is 19.4. The van der Waals surface area contributed by atoms with Crippen LogP contribution in [0.15, 0.2) is 0 Å². The van der Waals surface area contributed by atoms with Crippen molar-refractivity contribution in [2.75, 3.05) is 6.61 Å². The quantitative estimate of drug-likeness (QED) is 0.622. The monoisotopic (exact) mass is 398 g/mol. The van der Waals surface area contributed by atoms with Crippen molar-refractivity contribution in [2.45, 2.75) is 66.8 Å². The molecule has 1 nitrogen and oxygen atoms in total. The van der Waals surface area contributed by atoms with Gasteiger partial charge in [-0.05, 0) is 12.8 Å². The highest BCUT2D eigenvalue weighted by Crippen LogP contribution is 2.64. The Bertz CT molecular complexity index is 536. The Labute approximate surface area is 132 Å². The molecule has 2 rings (SSSR count). The van der Waals surface area contributed by atoms with E-state index in [4.69, 9.17) is 0 Å². The van der Waals surface area contributed by atoms with Crippen LogP contribution in [0, 0.1) is 0 Å². The summed E-state index contributed by atoms with van der Waals surface area (Å²) in [7, 11) is 0. The predicted molar refractivity (Wildman–Crippen MR) is 57.1 cm³/mol. The van der Waals surface area contributed by atoms with E-state index in [0.29, 0.717) is 0 Å². The number of rotatable bonds is 3. The molecule has 25 heavy (non-hydrogen) atoms. The topological polar surface area (TPSA) is 9.23 Å². The molecule has 0 heterocycles. The third-order valence-electron chi connectivity index (χ3n) is 4.34. The molecule has 2 fully saturated rings. The first kappa shape index (κ1) is 20.4. The second-order valence-electron chi connectivity index (χ2n) is 6.08. The molecule has 0 aliphatic heterocycles. The molecule has 13 heteroatoms. The van der Waals surface area contributed by atoms with Gasteiger partial charge in [-0.1, -0.05) is 0 Å². The summed E-state index contributed by atoms with van der Waals surface area (Å²) in [6.45, 7) is -2.39. The van der Waals surface area contributed by atoms with E-state index in [2.05, 4.69) is 4.74 Å². The number of alkyl halides is 12. The van der Waals surface area contributed by atoms with Crippen molar-refractivity contribution in [1.82, 2.24) is 0 Å². The van der Waals surface area contributed by atoms with E-state index in [1.165, 1.54) is 0 Å². The minimum atomic E-state index is -6.55. The standard InChI is InChI=1S/C12H10F12O/c13-5-7(15,2-1-3-8(5,16)17)4-25-10(20)6(14)9(18,19)11(21,22)12(10,23)24/h5-6H,1-4H2. The minimum Gasteiger partial charge on any atom is -0.335 e. The highest BCUT2D eigenvalue weighted by Gasteiger charge is 2.94. The van der Waals surface area contributed by atoms with Gasteiger partial charge < -0.3 is 4.74 Å². The number of hydrogen-bond acceptors (Lipinski definition) is 1. The molecule has 0 amide bonds. The molecule has 4 atom stereocenters. The van der Waals surface area contributed by atoms with Gasteiger partial charge in [-0.3, -0.25) is 0 Å². The van der Waals surface area contributed by atoms with Crippen LogP contribution in [0.2, 0.25) is 0 Å². The first-order valence-corrected chi connectivity index (χ1v) is 6.78. The summed E-state index contributed by atoms with van der Waals surface area (Å²) >= 11 is 0. The van der Waals surface area contributed by atoms with Crippen LogP contribution in [-0.2, 0) is 4.74 Å². The van der Waals surface area contributed by atoms with E-state index in [1.54, 1.807) is 0 Å². The Morgan fingerprint density at radius 2 is 1.24 bits per heavy atom. The van der Waals surface area contributed by atoms with Gasteiger partial charge in [0.05, 0.1) is 6.61 Å². The van der Waals surface area contributed by atoms with Crippen molar-refractivity contribution >= 4 is 0 Å². The van der Waals surface area contributed by atoms with Crippen molar-refractivity contribution < 1.29 is 57.4 Å². The minimum absolute atomic E-state index is 0.728. The number of ether oxygens (including phenoxy) is 1. The number of hydrogen-bond donors (Lipinski definition) is 0. The summed E-state index contributed by atoms with van der Waals surface area (Å²) in [6.07, 6.45) is -11.7. The summed E-state index contributed by atoms with van der Waals surface area (Å²) in [6, 6.07) is 0. The molecule has 0 N–H and O–H groups in total. The van der Waals surface area contributed by atoms with Gasteiger partial charge in [-0.2, -0.15) is 26.3 Å². The van der Waals surface area contributed by atoms with Crippen LogP contribution in [0.25, 0.3) is 0 Å². The second-order valence-corrected chi connectivity index (χ2v) is 6.08. The van der Waals surface area contributed by atoms with Crippen LogP contribution >= 0.6 is 0 Å². The zero-order valence-corrected chi connectivity index (χ0v) is 11.9. The van der Waals surface area contributed by atoms with Gasteiger partial charge in [0.1, 0.15) is 0 Å². The SMILES string of the molecule is FC1C(F)(F)CCCC1(F)COC1(F)C(F)C(F)(F)C(F)(F)C1(F)F. The molecule has 0 saturated heterocycles. The van der Waals surface area contributed by atoms with Gasteiger partial charge in [0.2, 0.25) is 6.17 Å². The van der Waals surface area contributed by atoms with E-state index >= 15 is 0 Å². The molecule has 0 radical (unpaired) electrons. The van der Waals surface area contributed by atoms with Gasteiger partial charge in [0, 0.05) is 6.42 Å². The Morgan fingerprint density at radius 3 is 1.68 bits per heavy atom. The van der Waals surface area contributed by atoms with Crippen molar-refractivity contribution in [3.8, 4) is 0 Å². The lowest BCUT2D eigenvalue weighted by Crippen LogP contribution is -2.58. The summed E-state index contributed by atoms with van der Waals surface area (Å²) in [5.41, 5.74) is -3.86. The first-order valence-electron chi connectivity index (χ1n) is 6.78. The van der Waals surface area contributed by atoms with Crippen LogP contribution < -0.4 is 0 Å². The summed E-state index contributed by atoms with van der Waals surface area (Å²) in [5, 5.41) is 0. The molecule has 0 aromatic carbocycles. The highest BCUT2D eigenvalue weighted by molar-refractivity contribution is 5.19. The molecule has 2 saturated carbocycles. The van der Waals surface area contributed by atoms with Crippen LogP contribution in [0.3, 0.4) is 0 Å². The molecular weight excluding hydrogens is 388 g/mol. The van der Waals surface area contributed by atoms with Gasteiger partial charge >= 0.3 is 23.6 Å². The molecule has 4 unspecified atom stereocenters. The predicted octanol–water partition coefficient (Wildman–Crippen LogP) is 4.79. The van der Waals surface area contributed by atoms with Crippen LogP contribution in [0.5, 0.6) is 0 Å². The van der Waals surface area contributed by atoms with E-state index in [9.17, 15) is 52.7 Å². The van der Waals surface area contributed by atoms with Crippen LogP contribution in [-0.4, -0.2) is 54.2 Å². The summed E-state index contributed by atoms with van der Waals surface area (Å²) < 4.78 is 163. The second kappa shape index (κ2) is 5.32. The lowest BCUT2D eigenvalue weighted by Gasteiger charge is -2.39. The molecule has 0 aromatic heterocycles. The molecular formula is C12H10F12O. The smallest absolute Gasteiger partial charge is 0.335 e. The largest absolute Gasteiger partial charge is 0.381 e. The average molecular weight is 398 g/mol. The molecule has 2 aliphatic rings. The zero-order valence-electron chi connectivity index (χ0n) is 11.9. The van der Waals surface area contributed by atoms with E-state index in [1.807, 2.05) is 0 Å². The van der Waals surface area contributed by atoms with E-state index in [-0.39, 0.29) is 0 Å². The van der Waals surface area contributed by atoms with Crippen molar-refractivity contribution in [3.63, 3.8) is 0 Å². The van der Waals surface area contributed by atoms with Crippen molar-refractivity contribution in [3.05, 3.63) is 0 Å². The van der Waals surface area contributed by atoms with Gasteiger partial charge in [0.15, 0.2) is 11.8 Å². The molecule has 0 spiro atoms. The fourth-order valence-electron chi connectivity index (χ4n) is 2.76. The Balaban J connectivity index is 2.30. The third kappa shape index (κ3) is 2.43. The summed E-state index contributed by atoms with van der Waals surface area (Å²) in [4.78, 5) is 0. The maximum atomic E-state index is 14.2. The van der Waals surface area contributed by atoms with Crippen LogP contribution in [0.1, 0.15) is 19.3 Å². The molecule has 0 aromatic rings. The van der Waals surface area contributed by atoms with Gasteiger partial charge in [0.25, 0.3) is 5.92 Å². The van der Waals surface area contributed by atoms with Crippen LogP contribution in [0.4, 0.5) is 52.7 Å². The first-order chi connectivity index (χ1) is 11.0.